The molecule has 0 radical (unpaired) electrons. The Morgan fingerprint density at radius 3 is 2.61 bits per heavy atom. The molecule has 9 atom stereocenters. The van der Waals surface area contributed by atoms with E-state index in [1.807, 2.05) is 19.9 Å². The van der Waals surface area contributed by atoms with Crippen LogP contribution in [0.4, 0.5) is 0 Å². The Kier molecular flexibility index (Phi) is 5.89. The van der Waals surface area contributed by atoms with E-state index in [0.717, 1.165) is 25.5 Å². The Bertz CT molecular complexity index is 757. The van der Waals surface area contributed by atoms with Crippen LogP contribution in [0.2, 0.25) is 0 Å². The van der Waals surface area contributed by atoms with Gasteiger partial charge in [0.15, 0.2) is 0 Å². The SMILES string of the molecule is CC(C)[C@H]1CC[C@H](C)C[C@@H]1O[C@H]1OC(=O)[C@@]23[C@@H]1C(C=O)=CC[C@H]2C(C)(C)C[C@H](O)[C@@H]3O. The Hall–Kier alpha value is -1.24. The molecule has 3 fully saturated rings. The number of allylic oxidation sites excluding steroid dienone is 1. The number of rotatable bonds is 4. The Morgan fingerprint density at radius 2 is 1.97 bits per heavy atom. The molecule has 0 amide bonds. The molecule has 2 N–H and O–H groups in total. The fourth-order valence-corrected chi connectivity index (χ4v) is 7.25. The van der Waals surface area contributed by atoms with Gasteiger partial charge in [0.2, 0.25) is 6.29 Å². The third-order valence-electron chi connectivity index (χ3n) is 8.83. The minimum atomic E-state index is -1.36. The van der Waals surface area contributed by atoms with Crippen LogP contribution in [0.25, 0.3) is 0 Å². The molecule has 1 heterocycles. The topological polar surface area (TPSA) is 93.1 Å². The maximum atomic E-state index is 13.5. The fourth-order valence-electron chi connectivity index (χ4n) is 7.25. The summed E-state index contributed by atoms with van der Waals surface area (Å²) in [6.45, 7) is 10.6. The van der Waals surface area contributed by atoms with Crippen molar-refractivity contribution in [2.45, 2.75) is 91.3 Å². The van der Waals surface area contributed by atoms with Gasteiger partial charge >= 0.3 is 5.97 Å². The molecular weight excluding hydrogens is 396 g/mol. The number of hydrogen-bond donors (Lipinski definition) is 2. The summed E-state index contributed by atoms with van der Waals surface area (Å²) in [5.41, 5.74) is -1.30. The Balaban J connectivity index is 1.74. The highest BCUT2D eigenvalue weighted by molar-refractivity contribution is 5.87. The van der Waals surface area contributed by atoms with E-state index in [0.29, 0.717) is 36.2 Å². The van der Waals surface area contributed by atoms with E-state index in [9.17, 15) is 19.8 Å². The predicted octanol–water partition coefficient (Wildman–Crippen LogP) is 3.25. The van der Waals surface area contributed by atoms with Crippen LogP contribution in [0.1, 0.15) is 66.7 Å². The van der Waals surface area contributed by atoms with E-state index in [2.05, 4.69) is 20.8 Å². The molecule has 0 aromatic heterocycles. The lowest BCUT2D eigenvalue weighted by atomic mass is 9.46. The van der Waals surface area contributed by atoms with Gasteiger partial charge in [-0.3, -0.25) is 9.59 Å². The first-order chi connectivity index (χ1) is 14.5. The molecule has 0 bridgehead atoms. The van der Waals surface area contributed by atoms with Crippen molar-refractivity contribution >= 4 is 12.3 Å². The number of aldehydes is 1. The zero-order valence-electron chi connectivity index (χ0n) is 19.4. The molecule has 1 aliphatic heterocycles. The molecule has 6 heteroatoms. The van der Waals surface area contributed by atoms with Crippen LogP contribution in [0.3, 0.4) is 0 Å². The van der Waals surface area contributed by atoms with Crippen molar-refractivity contribution in [1.82, 2.24) is 0 Å². The molecule has 2 saturated carbocycles. The van der Waals surface area contributed by atoms with Crippen LogP contribution < -0.4 is 0 Å². The minimum absolute atomic E-state index is 0.0661. The van der Waals surface area contributed by atoms with Crippen molar-refractivity contribution in [2.75, 3.05) is 0 Å². The van der Waals surface area contributed by atoms with E-state index >= 15 is 0 Å². The smallest absolute Gasteiger partial charge is 0.318 e. The molecule has 4 aliphatic rings. The molecule has 0 aromatic carbocycles. The van der Waals surface area contributed by atoms with Gasteiger partial charge in [-0.2, -0.15) is 0 Å². The summed E-state index contributed by atoms with van der Waals surface area (Å²) in [4.78, 5) is 25.5. The number of esters is 1. The second-order valence-corrected chi connectivity index (χ2v) is 11.5. The first kappa shape index (κ1) is 22.9. The van der Waals surface area contributed by atoms with Crippen molar-refractivity contribution in [3.8, 4) is 0 Å². The third-order valence-corrected chi connectivity index (χ3v) is 8.83. The minimum Gasteiger partial charge on any atom is -0.434 e. The normalized spacial score (nSPS) is 46.7. The fraction of sp³-hybridized carbons (Fsp3) is 0.840. The summed E-state index contributed by atoms with van der Waals surface area (Å²) >= 11 is 0. The number of carbonyl (C=O) groups excluding carboxylic acids is 2. The molecule has 0 unspecified atom stereocenters. The van der Waals surface area contributed by atoms with E-state index in [4.69, 9.17) is 9.47 Å². The molecular formula is C25H38O6. The summed E-state index contributed by atoms with van der Waals surface area (Å²) < 4.78 is 12.4. The highest BCUT2D eigenvalue weighted by Crippen LogP contribution is 2.64. The van der Waals surface area contributed by atoms with Gasteiger partial charge < -0.3 is 19.7 Å². The Labute approximate surface area is 185 Å². The van der Waals surface area contributed by atoms with Gasteiger partial charge in [-0.05, 0) is 60.3 Å². The Morgan fingerprint density at radius 1 is 1.26 bits per heavy atom. The van der Waals surface area contributed by atoms with Gasteiger partial charge in [0.25, 0.3) is 0 Å². The molecule has 174 valence electrons. The number of ether oxygens (including phenoxy) is 2. The van der Waals surface area contributed by atoms with Crippen LogP contribution in [-0.2, 0) is 19.1 Å². The van der Waals surface area contributed by atoms with Gasteiger partial charge in [-0.25, -0.2) is 0 Å². The maximum Gasteiger partial charge on any atom is 0.318 e. The predicted molar refractivity (Wildman–Crippen MR) is 115 cm³/mol. The van der Waals surface area contributed by atoms with Gasteiger partial charge in [-0.1, -0.05) is 47.1 Å². The van der Waals surface area contributed by atoms with Crippen molar-refractivity contribution in [1.29, 1.82) is 0 Å². The number of hydrogen-bond acceptors (Lipinski definition) is 6. The van der Waals surface area contributed by atoms with Crippen LogP contribution in [-0.4, -0.2) is 47.1 Å². The lowest BCUT2D eigenvalue weighted by molar-refractivity contribution is -0.197. The number of aliphatic hydroxyl groups excluding tert-OH is 2. The number of aliphatic hydroxyl groups is 2. The highest BCUT2D eigenvalue weighted by atomic mass is 16.7. The molecule has 31 heavy (non-hydrogen) atoms. The zero-order chi connectivity index (χ0) is 22.7. The van der Waals surface area contributed by atoms with E-state index < -0.39 is 41.2 Å². The van der Waals surface area contributed by atoms with Gasteiger partial charge in [0, 0.05) is 0 Å². The molecule has 0 aromatic rings. The summed E-state index contributed by atoms with van der Waals surface area (Å²) in [5.74, 6) is -0.168. The summed E-state index contributed by atoms with van der Waals surface area (Å²) in [6.07, 6.45) is 3.33. The summed E-state index contributed by atoms with van der Waals surface area (Å²) in [6, 6.07) is 0. The lowest BCUT2D eigenvalue weighted by Gasteiger charge is -2.56. The van der Waals surface area contributed by atoms with Crippen LogP contribution >= 0.6 is 0 Å². The number of cyclic esters (lactones) is 1. The zero-order valence-corrected chi connectivity index (χ0v) is 19.4. The highest BCUT2D eigenvalue weighted by Gasteiger charge is 2.73. The summed E-state index contributed by atoms with van der Waals surface area (Å²) in [5, 5.41) is 21.9. The van der Waals surface area contributed by atoms with E-state index in [1.165, 1.54) is 0 Å². The standard InChI is InChI=1S/C25H38O6/c1-13(2)16-8-6-14(3)10-18(16)30-22-20-15(12-26)7-9-19-24(4,5)11-17(27)21(28)25(19,20)23(29)31-22/h7,12-14,16-22,27-28H,6,8-11H2,1-5H3/t14-,16+,17-,18-,19-,20+,21-,22-,25+/m0/s1. The summed E-state index contributed by atoms with van der Waals surface area (Å²) in [7, 11) is 0. The first-order valence-corrected chi connectivity index (χ1v) is 11.9. The van der Waals surface area contributed by atoms with Crippen molar-refractivity contribution in [3.63, 3.8) is 0 Å². The van der Waals surface area contributed by atoms with E-state index in [-0.39, 0.29) is 12.0 Å². The van der Waals surface area contributed by atoms with E-state index in [1.54, 1.807) is 0 Å². The maximum absolute atomic E-state index is 13.5. The average molecular weight is 435 g/mol. The second kappa shape index (κ2) is 7.96. The monoisotopic (exact) mass is 434 g/mol. The van der Waals surface area contributed by atoms with Gasteiger partial charge in [-0.15, -0.1) is 0 Å². The molecule has 3 aliphatic carbocycles. The largest absolute Gasteiger partial charge is 0.434 e. The van der Waals surface area contributed by atoms with Crippen LogP contribution in [0.15, 0.2) is 11.6 Å². The van der Waals surface area contributed by atoms with Crippen molar-refractivity contribution in [2.24, 2.45) is 40.4 Å². The van der Waals surface area contributed by atoms with Crippen molar-refractivity contribution in [3.05, 3.63) is 11.6 Å². The molecule has 1 spiro atoms. The van der Waals surface area contributed by atoms with Crippen molar-refractivity contribution < 1.29 is 29.3 Å². The average Bonchev–Trinajstić information content (AvgIpc) is 2.98. The quantitative estimate of drug-likeness (QED) is 0.521. The second-order valence-electron chi connectivity index (χ2n) is 11.5. The molecule has 6 nitrogen and oxygen atoms in total. The molecule has 1 saturated heterocycles. The van der Waals surface area contributed by atoms with Gasteiger partial charge in [0.1, 0.15) is 11.7 Å². The van der Waals surface area contributed by atoms with Crippen LogP contribution in [0.5, 0.6) is 0 Å². The first-order valence-electron chi connectivity index (χ1n) is 11.9. The number of carbonyl (C=O) groups is 2. The molecule has 4 rings (SSSR count). The third kappa shape index (κ3) is 3.41. The van der Waals surface area contributed by atoms with Gasteiger partial charge in [0.05, 0.1) is 24.2 Å². The van der Waals surface area contributed by atoms with Crippen LogP contribution in [0, 0.1) is 40.4 Å². The lowest BCUT2D eigenvalue weighted by Crippen LogP contribution is -2.64.